The van der Waals surface area contributed by atoms with Crippen LogP contribution in [-0.4, -0.2) is 20.9 Å². The molecule has 0 saturated heterocycles. The normalized spacial score (nSPS) is 12.5. The fraction of sp³-hybridized carbons (Fsp3) is 0.444. The number of hydrogen-bond acceptors (Lipinski definition) is 5. The summed E-state index contributed by atoms with van der Waals surface area (Å²) in [7, 11) is 0. The maximum atomic E-state index is 12.2. The third-order valence-corrected chi connectivity index (χ3v) is 10.6. The number of aliphatic hydroxyl groups excluding tert-OH is 1. The zero-order valence-electron chi connectivity index (χ0n) is 32.5. The Bertz CT molecular complexity index is 1960. The standard InChI is InChI=1S/C30H29N2O.C15H28O2.Ir/c1-19(2)13-22-16-25-24(11-8-12-29(25)33-22)28-17-27(31-18-32-28)21-14-20-9-6-7-10-23(20)26(15-21)30(3,4)5;1-7-14(5,8-2)12(16)11-13(17)15(6,9-3)10-4;/h6-12,15-19H,13H2,1-5H3;11,16H,7-10H2,1-6H3;/q-1;;/b;12-11-;. The number of carbonyl (C=O) groups excluding carboxylic acids is 1. The third-order valence-electron chi connectivity index (χ3n) is 10.6. The molecule has 5 nitrogen and oxygen atoms in total. The van der Waals surface area contributed by atoms with Gasteiger partial charge in [-0.05, 0) is 55.2 Å². The first kappa shape index (κ1) is 41.8. The second-order valence-corrected chi connectivity index (χ2v) is 15.6. The molecule has 0 atom stereocenters. The Labute approximate surface area is 319 Å². The SMILES string of the molecule is CC(C)Cc1cc2c(-c3cc(-c4[c-]c5ccccc5c(C(C)(C)C)c4)ncn3)cccc2o1.CCC(C)(CC)C(=O)/C=C(\O)C(C)(CC)CC.[Ir]. The van der Waals surface area contributed by atoms with Gasteiger partial charge >= 0.3 is 0 Å². The molecule has 0 aliphatic heterocycles. The summed E-state index contributed by atoms with van der Waals surface area (Å²) >= 11 is 0. The fourth-order valence-electron chi connectivity index (χ4n) is 6.16. The van der Waals surface area contributed by atoms with Crippen LogP contribution in [0, 0.1) is 22.8 Å². The molecule has 3 aromatic carbocycles. The van der Waals surface area contributed by atoms with Crippen molar-refractivity contribution in [2.75, 3.05) is 0 Å². The molecule has 0 aliphatic rings. The molecule has 0 fully saturated rings. The van der Waals surface area contributed by atoms with Crippen LogP contribution in [0.15, 0.2) is 83.2 Å². The predicted molar refractivity (Wildman–Crippen MR) is 209 cm³/mol. The largest absolute Gasteiger partial charge is 0.512 e. The first-order valence-electron chi connectivity index (χ1n) is 18.3. The smallest absolute Gasteiger partial charge is 0.164 e. The van der Waals surface area contributed by atoms with Crippen LogP contribution in [0.25, 0.3) is 44.3 Å². The maximum Gasteiger partial charge on any atom is 0.164 e. The Morgan fingerprint density at radius 3 is 2.06 bits per heavy atom. The zero-order valence-corrected chi connectivity index (χ0v) is 34.9. The number of furan rings is 1. The number of allylic oxidation sites excluding steroid dienone is 2. The Balaban J connectivity index is 0.000000335. The summed E-state index contributed by atoms with van der Waals surface area (Å²) in [5, 5.41) is 13.6. The molecule has 0 spiro atoms. The van der Waals surface area contributed by atoms with E-state index in [1.807, 2.05) is 53.7 Å². The van der Waals surface area contributed by atoms with Crippen molar-refractivity contribution in [1.29, 1.82) is 0 Å². The first-order valence-corrected chi connectivity index (χ1v) is 18.3. The van der Waals surface area contributed by atoms with Crippen molar-refractivity contribution in [2.45, 2.75) is 114 Å². The van der Waals surface area contributed by atoms with Crippen molar-refractivity contribution in [3.63, 3.8) is 0 Å². The maximum absolute atomic E-state index is 12.2. The molecule has 51 heavy (non-hydrogen) atoms. The van der Waals surface area contributed by atoms with Crippen molar-refractivity contribution in [3.8, 4) is 22.5 Å². The Kier molecular flexibility index (Phi) is 14.2. The number of aliphatic hydroxyl groups is 1. The van der Waals surface area contributed by atoms with E-state index in [0.717, 1.165) is 76.7 Å². The van der Waals surface area contributed by atoms with Crippen molar-refractivity contribution in [3.05, 3.63) is 96.2 Å². The molecule has 6 heteroatoms. The summed E-state index contributed by atoms with van der Waals surface area (Å²) in [6.07, 6.45) is 7.33. The molecular formula is C45H57IrN2O3-. The van der Waals surface area contributed by atoms with E-state index in [1.165, 1.54) is 17.0 Å². The van der Waals surface area contributed by atoms with Crippen LogP contribution >= 0.6 is 0 Å². The van der Waals surface area contributed by atoms with E-state index in [2.05, 4.69) is 99.2 Å². The minimum atomic E-state index is -0.337. The fourth-order valence-corrected chi connectivity index (χ4v) is 6.16. The molecule has 2 aromatic heterocycles. The molecule has 0 unspecified atom stereocenters. The number of rotatable bonds is 11. The van der Waals surface area contributed by atoms with Gasteiger partial charge in [-0.3, -0.25) is 9.78 Å². The van der Waals surface area contributed by atoms with Gasteiger partial charge in [0.05, 0.1) is 5.69 Å². The van der Waals surface area contributed by atoms with Gasteiger partial charge in [-0.2, -0.15) is 0 Å². The number of benzene rings is 3. The van der Waals surface area contributed by atoms with Gasteiger partial charge in [-0.25, -0.2) is 4.98 Å². The van der Waals surface area contributed by atoms with Crippen LogP contribution in [0.1, 0.15) is 113 Å². The zero-order chi connectivity index (χ0) is 36.9. The monoisotopic (exact) mass is 866 g/mol. The number of carbonyl (C=O) groups is 1. The van der Waals surface area contributed by atoms with E-state index in [1.54, 1.807) is 6.33 Å². The number of fused-ring (bicyclic) bond motifs is 2. The summed E-state index contributed by atoms with van der Waals surface area (Å²) < 4.78 is 6.11. The summed E-state index contributed by atoms with van der Waals surface area (Å²) in [4.78, 5) is 21.4. The van der Waals surface area contributed by atoms with Crippen LogP contribution in [0.2, 0.25) is 0 Å². The van der Waals surface area contributed by atoms with Crippen molar-refractivity contribution >= 4 is 27.5 Å². The molecular weight excluding hydrogens is 809 g/mol. The van der Waals surface area contributed by atoms with Crippen molar-refractivity contribution < 1.29 is 34.4 Å². The second kappa shape index (κ2) is 17.3. The molecule has 5 aromatic rings. The molecule has 5 rings (SSSR count). The molecule has 0 aliphatic carbocycles. The molecule has 2 heterocycles. The van der Waals surface area contributed by atoms with E-state index in [4.69, 9.17) is 4.42 Å². The van der Waals surface area contributed by atoms with Gasteiger partial charge in [0.25, 0.3) is 0 Å². The molecule has 1 radical (unpaired) electrons. The summed E-state index contributed by atoms with van der Waals surface area (Å²) in [5.74, 6) is 1.84. The predicted octanol–water partition coefficient (Wildman–Crippen LogP) is 12.7. The minimum absolute atomic E-state index is 0. The van der Waals surface area contributed by atoms with Gasteiger partial charge in [0, 0.05) is 60.1 Å². The van der Waals surface area contributed by atoms with Gasteiger partial charge in [0.1, 0.15) is 23.4 Å². The van der Waals surface area contributed by atoms with Gasteiger partial charge in [0.15, 0.2) is 5.78 Å². The van der Waals surface area contributed by atoms with Crippen LogP contribution in [-0.2, 0) is 36.7 Å². The van der Waals surface area contributed by atoms with Crippen LogP contribution in [0.3, 0.4) is 0 Å². The van der Waals surface area contributed by atoms with Gasteiger partial charge in [-0.15, -0.1) is 29.1 Å². The average molecular weight is 866 g/mol. The van der Waals surface area contributed by atoms with Crippen LogP contribution in [0.4, 0.5) is 0 Å². The third kappa shape index (κ3) is 9.64. The first-order chi connectivity index (χ1) is 23.6. The van der Waals surface area contributed by atoms with E-state index in [-0.39, 0.29) is 47.9 Å². The van der Waals surface area contributed by atoms with Crippen LogP contribution < -0.4 is 0 Å². The number of aromatic nitrogens is 2. The summed E-state index contributed by atoms with van der Waals surface area (Å²) in [6, 6.07) is 24.7. The van der Waals surface area contributed by atoms with E-state index in [0.29, 0.717) is 5.92 Å². The van der Waals surface area contributed by atoms with E-state index >= 15 is 0 Å². The van der Waals surface area contributed by atoms with Gasteiger partial charge in [0.2, 0.25) is 0 Å². The van der Waals surface area contributed by atoms with Gasteiger partial charge < -0.3 is 9.52 Å². The Morgan fingerprint density at radius 2 is 1.45 bits per heavy atom. The minimum Gasteiger partial charge on any atom is -0.512 e. The van der Waals surface area contributed by atoms with Gasteiger partial charge in [-0.1, -0.05) is 117 Å². The quantitative estimate of drug-likeness (QED) is 0.0813. The van der Waals surface area contributed by atoms with Crippen molar-refractivity contribution in [1.82, 2.24) is 9.97 Å². The topological polar surface area (TPSA) is 76.2 Å². The molecule has 0 amide bonds. The molecule has 0 saturated carbocycles. The molecule has 275 valence electrons. The number of ketones is 1. The number of nitrogens with zero attached hydrogens (tertiary/aromatic N) is 2. The molecule has 1 N–H and O–H groups in total. The second-order valence-electron chi connectivity index (χ2n) is 15.6. The average Bonchev–Trinajstić information content (AvgIpc) is 3.52. The molecule has 0 bridgehead atoms. The van der Waals surface area contributed by atoms with E-state index < -0.39 is 0 Å². The van der Waals surface area contributed by atoms with Crippen molar-refractivity contribution in [2.24, 2.45) is 16.7 Å². The Hall–Kier alpha value is -3.60. The van der Waals surface area contributed by atoms with Crippen LogP contribution in [0.5, 0.6) is 0 Å². The van der Waals surface area contributed by atoms with E-state index in [9.17, 15) is 9.90 Å². The number of hydrogen-bond donors (Lipinski definition) is 1. The summed E-state index contributed by atoms with van der Waals surface area (Å²) in [6.45, 7) is 23.2. The summed E-state index contributed by atoms with van der Waals surface area (Å²) in [5.41, 5.74) is 5.41. The Morgan fingerprint density at radius 1 is 0.824 bits per heavy atom.